The van der Waals surface area contributed by atoms with Gasteiger partial charge in [0.25, 0.3) is 0 Å². The molecule has 0 aliphatic carbocycles. The van der Waals surface area contributed by atoms with Crippen molar-refractivity contribution >= 4 is 46.2 Å². The minimum absolute atomic E-state index is 0.0677. The Morgan fingerprint density at radius 2 is 1.78 bits per heavy atom. The molecule has 1 aromatic heterocycles. The van der Waals surface area contributed by atoms with E-state index >= 15 is 0 Å². The molecule has 0 spiro atoms. The highest BCUT2D eigenvalue weighted by Crippen LogP contribution is 2.34. The highest BCUT2D eigenvalue weighted by Gasteiger charge is 2.27. The molecule has 0 atom stereocenters. The molecule has 1 heterocycles. The first-order chi connectivity index (χ1) is 15.2. The van der Waals surface area contributed by atoms with E-state index in [4.69, 9.17) is 14.2 Å². The minimum Gasteiger partial charge on any atom is -0.497 e. The smallest absolute Gasteiger partial charge is 0.348 e. The predicted molar refractivity (Wildman–Crippen MR) is 120 cm³/mol. The summed E-state index contributed by atoms with van der Waals surface area (Å²) < 4.78 is 14.6. The maximum absolute atomic E-state index is 12.5. The lowest BCUT2D eigenvalue weighted by Gasteiger charge is -2.14. The molecule has 10 heteroatoms. The molecule has 32 heavy (non-hydrogen) atoms. The summed E-state index contributed by atoms with van der Waals surface area (Å²) in [5.74, 6) is -1.61. The van der Waals surface area contributed by atoms with Gasteiger partial charge in [-0.3, -0.25) is 9.59 Å². The van der Waals surface area contributed by atoms with Gasteiger partial charge in [-0.2, -0.15) is 0 Å². The lowest BCUT2D eigenvalue weighted by atomic mass is 10.1. The van der Waals surface area contributed by atoms with E-state index in [9.17, 15) is 19.2 Å². The van der Waals surface area contributed by atoms with Crippen LogP contribution in [-0.2, 0) is 19.1 Å². The third-order valence-electron chi connectivity index (χ3n) is 4.43. The summed E-state index contributed by atoms with van der Waals surface area (Å²) in [5.41, 5.74) is 1.18. The van der Waals surface area contributed by atoms with E-state index in [0.717, 1.165) is 16.9 Å². The lowest BCUT2D eigenvalue weighted by molar-refractivity contribution is -0.129. The highest BCUT2D eigenvalue weighted by atomic mass is 32.1. The molecule has 170 valence electrons. The Labute approximate surface area is 189 Å². The number of carbonyl (C=O) groups excluding carboxylic acids is 4. The average Bonchev–Trinajstić information content (AvgIpc) is 3.11. The number of hydrogen-bond donors (Lipinski definition) is 1. The topological polar surface area (TPSA) is 111 Å². The monoisotopic (exact) mass is 460 g/mol. The van der Waals surface area contributed by atoms with Crippen LogP contribution in [0, 0.1) is 6.92 Å². The van der Waals surface area contributed by atoms with Crippen molar-refractivity contribution in [1.29, 1.82) is 0 Å². The molecule has 1 N–H and O–H groups in total. The second-order valence-electron chi connectivity index (χ2n) is 6.60. The Bertz CT molecular complexity index is 1060. The molecule has 2 aromatic rings. The van der Waals surface area contributed by atoms with Gasteiger partial charge in [0.1, 0.15) is 15.6 Å². The van der Waals surface area contributed by atoms with Crippen molar-refractivity contribution in [2.75, 3.05) is 40.2 Å². The highest BCUT2D eigenvalue weighted by molar-refractivity contribution is 7.18. The number of amides is 2. The second kappa shape index (κ2) is 11.1. The maximum Gasteiger partial charge on any atom is 0.348 e. The predicted octanol–water partition coefficient (Wildman–Crippen LogP) is 2.75. The van der Waals surface area contributed by atoms with Gasteiger partial charge in [-0.05, 0) is 36.3 Å². The first-order valence-electron chi connectivity index (χ1n) is 9.38. The number of rotatable bonds is 8. The fourth-order valence-corrected chi connectivity index (χ4v) is 3.87. The van der Waals surface area contributed by atoms with Gasteiger partial charge in [-0.25, -0.2) is 9.59 Å². The van der Waals surface area contributed by atoms with Crippen molar-refractivity contribution in [3.63, 3.8) is 0 Å². The van der Waals surface area contributed by atoms with Crippen molar-refractivity contribution in [1.82, 2.24) is 4.90 Å². The molecule has 0 aliphatic rings. The SMILES string of the molecule is COC(=O)c1sc(NC(=O)CN(C)C(=O)/C=C/c2cccc(OC)c2)c(C(=O)OC)c1C. The molecule has 2 rings (SSSR count). The van der Waals surface area contributed by atoms with Crippen LogP contribution in [0.1, 0.15) is 31.2 Å². The van der Waals surface area contributed by atoms with Crippen LogP contribution in [0.15, 0.2) is 30.3 Å². The van der Waals surface area contributed by atoms with Crippen LogP contribution in [0.4, 0.5) is 5.00 Å². The van der Waals surface area contributed by atoms with Gasteiger partial charge in [0.15, 0.2) is 0 Å². The van der Waals surface area contributed by atoms with Crippen LogP contribution >= 0.6 is 11.3 Å². The molecule has 1 aromatic carbocycles. The van der Waals surface area contributed by atoms with Gasteiger partial charge in [0, 0.05) is 13.1 Å². The zero-order chi connectivity index (χ0) is 23.8. The van der Waals surface area contributed by atoms with Crippen molar-refractivity contribution in [3.8, 4) is 5.75 Å². The summed E-state index contributed by atoms with van der Waals surface area (Å²) in [5, 5.41) is 2.72. The summed E-state index contributed by atoms with van der Waals surface area (Å²) in [7, 11) is 5.44. The Morgan fingerprint density at radius 3 is 2.41 bits per heavy atom. The van der Waals surface area contributed by atoms with Crippen LogP contribution in [0.5, 0.6) is 5.75 Å². The Hall–Kier alpha value is -3.66. The summed E-state index contributed by atoms with van der Waals surface area (Å²) in [6.45, 7) is 1.29. The molecule has 0 fully saturated rings. The number of nitrogens with one attached hydrogen (secondary N) is 1. The molecule has 0 bridgehead atoms. The van der Waals surface area contributed by atoms with Gasteiger partial charge in [0.05, 0.1) is 33.4 Å². The summed E-state index contributed by atoms with van der Waals surface area (Å²) in [6, 6.07) is 7.16. The molecule has 0 saturated heterocycles. The number of ether oxygens (including phenoxy) is 3. The second-order valence-corrected chi connectivity index (χ2v) is 7.62. The van der Waals surface area contributed by atoms with Crippen LogP contribution in [-0.4, -0.2) is 63.6 Å². The Balaban J connectivity index is 2.10. The quantitative estimate of drug-likeness (QED) is 0.476. The molecule has 0 radical (unpaired) electrons. The van der Waals surface area contributed by atoms with Crippen LogP contribution < -0.4 is 10.1 Å². The van der Waals surface area contributed by atoms with E-state index < -0.39 is 23.8 Å². The standard InChI is InChI=1S/C22H24N2O7S/c1-13-18(21(27)30-4)20(32-19(13)22(28)31-5)23-16(25)12-24(2)17(26)10-9-14-7-6-8-15(11-14)29-3/h6-11H,12H2,1-5H3,(H,23,25)/b10-9+. The molecular weight excluding hydrogens is 436 g/mol. The fraction of sp³-hybridized carbons (Fsp3) is 0.273. The third kappa shape index (κ3) is 5.94. The van der Waals surface area contributed by atoms with E-state index in [1.807, 2.05) is 6.07 Å². The Kier molecular flexibility index (Phi) is 8.54. The number of nitrogens with zero attached hydrogens (tertiary/aromatic N) is 1. The maximum atomic E-state index is 12.5. The van der Waals surface area contributed by atoms with Crippen molar-refractivity contribution in [3.05, 3.63) is 51.9 Å². The zero-order valence-electron chi connectivity index (χ0n) is 18.4. The van der Waals surface area contributed by atoms with E-state index in [1.165, 1.54) is 32.2 Å². The van der Waals surface area contributed by atoms with E-state index in [1.54, 1.807) is 38.3 Å². The summed E-state index contributed by atoms with van der Waals surface area (Å²) in [6.07, 6.45) is 2.95. The third-order valence-corrected chi connectivity index (χ3v) is 5.62. The zero-order valence-corrected chi connectivity index (χ0v) is 19.2. The van der Waals surface area contributed by atoms with E-state index in [0.29, 0.717) is 11.3 Å². The molecule has 0 saturated carbocycles. The number of hydrogen-bond acceptors (Lipinski definition) is 8. The normalized spacial score (nSPS) is 10.5. The number of thiophene rings is 1. The summed E-state index contributed by atoms with van der Waals surface area (Å²) >= 11 is 0.901. The van der Waals surface area contributed by atoms with Gasteiger partial charge < -0.3 is 24.4 Å². The fourth-order valence-electron chi connectivity index (χ4n) is 2.74. The van der Waals surface area contributed by atoms with Crippen molar-refractivity contribution < 1.29 is 33.4 Å². The van der Waals surface area contributed by atoms with E-state index in [2.05, 4.69) is 5.32 Å². The van der Waals surface area contributed by atoms with Crippen molar-refractivity contribution in [2.24, 2.45) is 0 Å². The number of anilines is 1. The van der Waals surface area contributed by atoms with Crippen molar-refractivity contribution in [2.45, 2.75) is 6.92 Å². The number of carbonyl (C=O) groups is 4. The van der Waals surface area contributed by atoms with Gasteiger partial charge in [-0.1, -0.05) is 12.1 Å². The minimum atomic E-state index is -0.699. The van der Waals surface area contributed by atoms with Crippen LogP contribution in [0.3, 0.4) is 0 Å². The molecule has 2 amide bonds. The van der Waals surface area contributed by atoms with Gasteiger partial charge in [0.2, 0.25) is 11.8 Å². The molecule has 0 aliphatic heterocycles. The Morgan fingerprint density at radius 1 is 1.09 bits per heavy atom. The average molecular weight is 461 g/mol. The first kappa shape index (κ1) is 24.6. The number of likely N-dealkylation sites (N-methyl/N-ethyl adjacent to an activating group) is 1. The first-order valence-corrected chi connectivity index (χ1v) is 10.2. The van der Waals surface area contributed by atoms with Gasteiger partial charge >= 0.3 is 11.9 Å². The van der Waals surface area contributed by atoms with Crippen LogP contribution in [0.25, 0.3) is 6.08 Å². The van der Waals surface area contributed by atoms with Gasteiger partial charge in [-0.15, -0.1) is 11.3 Å². The van der Waals surface area contributed by atoms with Crippen LogP contribution in [0.2, 0.25) is 0 Å². The summed E-state index contributed by atoms with van der Waals surface area (Å²) in [4.78, 5) is 50.4. The number of esters is 2. The largest absolute Gasteiger partial charge is 0.497 e. The van der Waals surface area contributed by atoms with E-state index in [-0.39, 0.29) is 22.0 Å². The molecule has 0 unspecified atom stereocenters. The lowest BCUT2D eigenvalue weighted by Crippen LogP contribution is -2.34. The number of benzene rings is 1. The number of methoxy groups -OCH3 is 3. The molecular formula is C22H24N2O7S. The molecule has 9 nitrogen and oxygen atoms in total.